The third-order valence-corrected chi connectivity index (χ3v) is 15.6. The van der Waals surface area contributed by atoms with Crippen molar-refractivity contribution in [3.05, 3.63) is 63.7 Å². The number of nitrogens with zero attached hydrogens (tertiary/aromatic N) is 3. The number of hydrogen-bond acceptors (Lipinski definition) is 12. The Balaban J connectivity index is 0.780. The maximum absolute atomic E-state index is 12.9. The summed E-state index contributed by atoms with van der Waals surface area (Å²) in [7, 11) is 0. The van der Waals surface area contributed by atoms with E-state index < -0.39 is 35.5 Å². The molecule has 3 fully saturated rings. The molecule has 2 aromatic heterocycles. The van der Waals surface area contributed by atoms with Crippen molar-refractivity contribution in [3.63, 3.8) is 0 Å². The second-order valence-electron chi connectivity index (χ2n) is 20.2. The van der Waals surface area contributed by atoms with Gasteiger partial charge in [0.05, 0.1) is 25.0 Å². The van der Waals surface area contributed by atoms with Crippen molar-refractivity contribution in [2.45, 2.75) is 137 Å². The van der Waals surface area contributed by atoms with Gasteiger partial charge in [0.25, 0.3) is 11.5 Å². The summed E-state index contributed by atoms with van der Waals surface area (Å²) in [6.45, 7) is 12.6. The van der Waals surface area contributed by atoms with Crippen molar-refractivity contribution in [2.75, 3.05) is 24.2 Å². The SMILES string of the molecule is CC(C)CCC[C@@H](C)[C@H]1CC[C@H]2[C@@H]3CC=C4C[C@@H](OC(=O)NCCONC(=O)CC[C@H](NC(=O)c5ccc(NCc6cnc7nc(N)[nH]c(=O)c7n6)cc5)C(=O)O)CC[C@]4(C)[C@H]3CC[C@]12C. The number of fused-ring (bicyclic) bond motifs is 6. The number of carboxylic acids is 1. The molecule has 0 radical (unpaired) electrons. The zero-order chi connectivity index (χ0) is 47.2. The average molecular weight is 912 g/mol. The van der Waals surface area contributed by atoms with Gasteiger partial charge in [-0.2, -0.15) is 4.98 Å². The maximum Gasteiger partial charge on any atom is 0.407 e. The van der Waals surface area contributed by atoms with Crippen molar-refractivity contribution < 1.29 is 33.9 Å². The minimum atomic E-state index is -1.34. The number of carbonyl (C=O) groups is 4. The highest BCUT2D eigenvalue weighted by Crippen LogP contribution is 2.67. The van der Waals surface area contributed by atoms with Crippen molar-refractivity contribution in [2.24, 2.45) is 46.3 Å². The molecule has 0 bridgehead atoms. The van der Waals surface area contributed by atoms with Crippen LogP contribution in [0.3, 0.4) is 0 Å². The number of benzene rings is 1. The Kier molecular flexibility index (Phi) is 15.3. The van der Waals surface area contributed by atoms with Crippen molar-refractivity contribution in [1.29, 1.82) is 0 Å². The molecule has 17 heteroatoms. The van der Waals surface area contributed by atoms with Gasteiger partial charge < -0.3 is 31.5 Å². The number of alkyl carbamates (subject to hydrolysis) is 1. The van der Waals surface area contributed by atoms with Crippen LogP contribution < -0.4 is 32.7 Å². The predicted molar refractivity (Wildman–Crippen MR) is 250 cm³/mol. The standard InChI is InChI=1S/C49H69N9O8/c1-28(2)7-6-8-29(3)36-15-16-37-35-14-11-31-25-34(19-21-48(31,4)38(35)20-22-49(36,37)5)66-47(64)51-23-24-65-58-40(59)18-17-39(45(62)63)55-43(60)30-9-12-32(13-10-30)52-26-33-27-53-42-41(54-33)44(61)57-46(50)56-42/h9-13,27-29,34-39,52H,6-8,14-26H2,1-5H3,(H,51,64)(H,55,60)(H,58,59)(H,62,63)(H3,50,53,56,57,61)/t29-,34+,35+,36-,37+,38+,39+,48+,49-/m1/s1. The zero-order valence-corrected chi connectivity index (χ0v) is 39.1. The molecule has 2 heterocycles. The zero-order valence-electron chi connectivity index (χ0n) is 39.1. The Hall–Kier alpha value is -5.58. The number of aromatic nitrogens is 4. The average Bonchev–Trinajstić information content (AvgIpc) is 3.64. The number of hydroxylamine groups is 1. The first-order chi connectivity index (χ1) is 31.5. The lowest BCUT2D eigenvalue weighted by Gasteiger charge is -2.58. The Morgan fingerprint density at radius 1 is 0.985 bits per heavy atom. The third kappa shape index (κ3) is 11.2. The van der Waals surface area contributed by atoms with Gasteiger partial charge in [0.15, 0.2) is 11.2 Å². The minimum absolute atomic E-state index is 0.0259. The highest BCUT2D eigenvalue weighted by Gasteiger charge is 2.59. The van der Waals surface area contributed by atoms with Gasteiger partial charge in [-0.25, -0.2) is 25.0 Å². The number of H-pyrrole nitrogens is 1. The molecular formula is C49H69N9O8. The van der Waals surface area contributed by atoms with E-state index >= 15 is 0 Å². The molecule has 8 N–H and O–H groups in total. The molecule has 9 atom stereocenters. The molecule has 7 rings (SSSR count). The van der Waals surface area contributed by atoms with Crippen molar-refractivity contribution in [1.82, 2.24) is 36.0 Å². The number of allylic oxidation sites excluding steroid dienone is 1. The smallest absolute Gasteiger partial charge is 0.407 e. The van der Waals surface area contributed by atoms with Gasteiger partial charge in [-0.05, 0) is 122 Å². The molecule has 1 aromatic carbocycles. The number of anilines is 2. The Morgan fingerprint density at radius 2 is 1.77 bits per heavy atom. The largest absolute Gasteiger partial charge is 0.480 e. The summed E-state index contributed by atoms with van der Waals surface area (Å²) in [5.74, 6) is 2.08. The minimum Gasteiger partial charge on any atom is -0.480 e. The van der Waals surface area contributed by atoms with Crippen LogP contribution in [-0.2, 0) is 25.7 Å². The lowest BCUT2D eigenvalue weighted by Crippen LogP contribution is -2.51. The number of nitrogen functional groups attached to an aromatic ring is 1. The molecule has 0 unspecified atom stereocenters. The summed E-state index contributed by atoms with van der Waals surface area (Å²) in [4.78, 5) is 82.2. The van der Waals surface area contributed by atoms with Crippen LogP contribution in [0.15, 0.2) is 46.9 Å². The number of carboxylic acid groups (broad SMARTS) is 1. The fourth-order valence-electron chi connectivity index (χ4n) is 12.1. The summed E-state index contributed by atoms with van der Waals surface area (Å²) >= 11 is 0. The number of carbonyl (C=O) groups excluding carboxylic acids is 3. The molecule has 4 aliphatic rings. The maximum atomic E-state index is 12.9. The molecule has 66 heavy (non-hydrogen) atoms. The van der Waals surface area contributed by atoms with Crippen molar-refractivity contribution >= 4 is 46.7 Å². The van der Waals surface area contributed by atoms with E-state index in [4.69, 9.17) is 15.3 Å². The normalized spacial score (nSPS) is 26.5. The van der Waals surface area contributed by atoms with E-state index in [0.29, 0.717) is 22.7 Å². The van der Waals surface area contributed by atoms with E-state index in [1.807, 2.05) is 0 Å². The first-order valence-corrected chi connectivity index (χ1v) is 24.0. The van der Waals surface area contributed by atoms with Crippen LogP contribution in [0.25, 0.3) is 11.2 Å². The van der Waals surface area contributed by atoms with E-state index in [1.54, 1.807) is 12.1 Å². The fourth-order valence-corrected chi connectivity index (χ4v) is 12.1. The van der Waals surface area contributed by atoms with Gasteiger partial charge in [-0.3, -0.25) is 24.2 Å². The molecule has 3 aromatic rings. The monoisotopic (exact) mass is 912 g/mol. The van der Waals surface area contributed by atoms with Gasteiger partial charge in [0.1, 0.15) is 12.1 Å². The van der Waals surface area contributed by atoms with Gasteiger partial charge >= 0.3 is 12.1 Å². The Morgan fingerprint density at radius 3 is 2.53 bits per heavy atom. The molecule has 0 aliphatic heterocycles. The van der Waals surface area contributed by atoms with Gasteiger partial charge in [-0.15, -0.1) is 0 Å². The predicted octanol–water partition coefficient (Wildman–Crippen LogP) is 7.05. The number of ether oxygens (including phenoxy) is 1. The number of nitrogens with two attached hydrogens (primary N) is 1. The summed E-state index contributed by atoms with van der Waals surface area (Å²) in [6.07, 6.45) is 16.0. The Labute approximate surface area is 386 Å². The van der Waals surface area contributed by atoms with Crippen LogP contribution in [0, 0.1) is 46.3 Å². The number of nitrogens with one attached hydrogen (secondary N) is 5. The molecular weight excluding hydrogens is 843 g/mol. The number of hydrogen-bond donors (Lipinski definition) is 7. The summed E-state index contributed by atoms with van der Waals surface area (Å²) in [5, 5.41) is 18.0. The van der Waals surface area contributed by atoms with E-state index in [2.05, 4.69) is 82.1 Å². The van der Waals surface area contributed by atoms with Crippen LogP contribution in [-0.4, -0.2) is 74.2 Å². The van der Waals surface area contributed by atoms with Gasteiger partial charge in [0.2, 0.25) is 11.9 Å². The Bertz CT molecular complexity index is 2320. The second-order valence-corrected chi connectivity index (χ2v) is 20.2. The number of amides is 3. The topological polar surface area (TPSA) is 253 Å². The molecule has 0 spiro atoms. The molecule has 17 nitrogen and oxygen atoms in total. The fraction of sp³-hybridized carbons (Fsp3) is 0.633. The van der Waals surface area contributed by atoms with Crippen molar-refractivity contribution in [3.8, 4) is 0 Å². The van der Waals surface area contributed by atoms with E-state index in [0.717, 1.165) is 55.3 Å². The summed E-state index contributed by atoms with van der Waals surface area (Å²) < 4.78 is 5.88. The number of aromatic amines is 1. The van der Waals surface area contributed by atoms with Gasteiger partial charge in [0, 0.05) is 30.6 Å². The lowest BCUT2D eigenvalue weighted by molar-refractivity contribution is -0.140. The van der Waals surface area contributed by atoms with Crippen LogP contribution in [0.1, 0.15) is 134 Å². The van der Waals surface area contributed by atoms with Crippen LogP contribution in [0.4, 0.5) is 16.4 Å². The lowest BCUT2D eigenvalue weighted by atomic mass is 9.47. The summed E-state index contributed by atoms with van der Waals surface area (Å²) in [5.41, 5.74) is 10.9. The first kappa shape index (κ1) is 48.4. The van der Waals surface area contributed by atoms with E-state index in [-0.39, 0.29) is 66.7 Å². The highest BCUT2D eigenvalue weighted by molar-refractivity contribution is 5.97. The highest BCUT2D eigenvalue weighted by atomic mass is 16.7. The molecule has 4 aliphatic carbocycles. The first-order valence-electron chi connectivity index (χ1n) is 24.0. The quantitative estimate of drug-likeness (QED) is 0.0362. The van der Waals surface area contributed by atoms with Crippen LogP contribution in [0.2, 0.25) is 0 Å². The molecule has 3 saturated carbocycles. The number of aliphatic carboxylic acids is 1. The molecule has 358 valence electrons. The number of rotatable bonds is 19. The molecule has 3 amide bonds. The van der Waals surface area contributed by atoms with Crippen LogP contribution >= 0.6 is 0 Å². The third-order valence-electron chi connectivity index (χ3n) is 15.6. The second kappa shape index (κ2) is 20.9. The van der Waals surface area contributed by atoms with E-state index in [9.17, 15) is 29.1 Å². The van der Waals surface area contributed by atoms with Gasteiger partial charge in [-0.1, -0.05) is 65.5 Å². The van der Waals surface area contributed by atoms with E-state index in [1.165, 1.54) is 68.8 Å². The molecule has 0 saturated heterocycles. The van der Waals surface area contributed by atoms with Crippen LogP contribution in [0.5, 0.6) is 0 Å². The summed E-state index contributed by atoms with van der Waals surface area (Å²) in [6, 6.07) is 4.96.